The summed E-state index contributed by atoms with van der Waals surface area (Å²) >= 11 is 0. The molecule has 0 aromatic carbocycles. The van der Waals surface area contributed by atoms with E-state index in [1.165, 1.54) is 38.5 Å². The number of amides is 1. The first-order chi connectivity index (χ1) is 7.72. The van der Waals surface area contributed by atoms with Gasteiger partial charge in [0.05, 0.1) is 6.54 Å². The third kappa shape index (κ3) is 7.61. The highest BCUT2D eigenvalue weighted by molar-refractivity contribution is 5.85. The van der Waals surface area contributed by atoms with Crippen molar-refractivity contribution in [3.8, 4) is 0 Å². The van der Waals surface area contributed by atoms with Gasteiger partial charge >= 0.3 is 0 Å². The summed E-state index contributed by atoms with van der Waals surface area (Å²) in [6, 6.07) is 0.322. The van der Waals surface area contributed by atoms with E-state index in [0.29, 0.717) is 12.6 Å². The number of hydrogen-bond donors (Lipinski definition) is 2. The summed E-state index contributed by atoms with van der Waals surface area (Å²) in [5.74, 6) is 1.02. The molecule has 1 atom stereocenters. The molecule has 1 amide bonds. The molecule has 0 saturated heterocycles. The van der Waals surface area contributed by atoms with Gasteiger partial charge in [0.25, 0.3) is 0 Å². The van der Waals surface area contributed by atoms with Gasteiger partial charge in [0.2, 0.25) is 5.91 Å². The average molecular weight is 263 g/mol. The Balaban J connectivity index is 0.00000256. The topological polar surface area (TPSA) is 41.1 Å². The largest absolute Gasteiger partial charge is 0.353 e. The van der Waals surface area contributed by atoms with E-state index in [0.717, 1.165) is 12.3 Å². The van der Waals surface area contributed by atoms with E-state index < -0.39 is 0 Å². The molecule has 3 nitrogen and oxygen atoms in total. The van der Waals surface area contributed by atoms with Crippen LogP contribution in [0, 0.1) is 5.92 Å². The van der Waals surface area contributed by atoms with Gasteiger partial charge in [-0.15, -0.1) is 12.4 Å². The molecule has 4 heteroatoms. The molecule has 0 aromatic heterocycles. The Morgan fingerprint density at radius 3 is 2.53 bits per heavy atom. The van der Waals surface area contributed by atoms with Gasteiger partial charge in [-0.05, 0) is 32.7 Å². The molecule has 1 rings (SSSR count). The Labute approximate surface area is 112 Å². The zero-order valence-corrected chi connectivity index (χ0v) is 11.9. The summed E-state index contributed by atoms with van der Waals surface area (Å²) in [6.45, 7) is 2.53. The molecule has 0 spiro atoms. The maximum atomic E-state index is 11.3. The number of halogens is 1. The Hall–Kier alpha value is -0.280. The van der Waals surface area contributed by atoms with Crippen molar-refractivity contribution in [2.75, 3.05) is 13.6 Å². The second kappa shape index (κ2) is 9.72. The van der Waals surface area contributed by atoms with Crippen molar-refractivity contribution in [3.63, 3.8) is 0 Å². The van der Waals surface area contributed by atoms with E-state index in [9.17, 15) is 4.79 Å². The number of carbonyl (C=O) groups excluding carboxylic acids is 1. The van der Waals surface area contributed by atoms with Crippen molar-refractivity contribution >= 4 is 18.3 Å². The minimum atomic E-state index is 0. The Kier molecular flexibility index (Phi) is 9.56. The van der Waals surface area contributed by atoms with Crippen molar-refractivity contribution < 1.29 is 4.79 Å². The summed E-state index contributed by atoms with van der Waals surface area (Å²) in [5, 5.41) is 5.89. The minimum Gasteiger partial charge on any atom is -0.353 e. The van der Waals surface area contributed by atoms with Crippen LogP contribution in [0.25, 0.3) is 0 Å². The highest BCUT2D eigenvalue weighted by Gasteiger charge is 2.15. The number of nitrogens with one attached hydrogen (secondary N) is 2. The van der Waals surface area contributed by atoms with E-state index in [1.54, 1.807) is 7.05 Å². The summed E-state index contributed by atoms with van der Waals surface area (Å²) in [6.07, 6.45) is 9.44. The van der Waals surface area contributed by atoms with Gasteiger partial charge in [-0.1, -0.05) is 32.1 Å². The van der Waals surface area contributed by atoms with Gasteiger partial charge in [-0.3, -0.25) is 4.79 Å². The van der Waals surface area contributed by atoms with E-state index in [-0.39, 0.29) is 18.3 Å². The Morgan fingerprint density at radius 1 is 1.29 bits per heavy atom. The van der Waals surface area contributed by atoms with Crippen molar-refractivity contribution in [1.29, 1.82) is 0 Å². The van der Waals surface area contributed by atoms with Crippen molar-refractivity contribution in [2.24, 2.45) is 5.92 Å². The zero-order chi connectivity index (χ0) is 11.8. The van der Waals surface area contributed by atoms with Gasteiger partial charge in [0, 0.05) is 6.04 Å². The van der Waals surface area contributed by atoms with E-state index in [4.69, 9.17) is 0 Å². The maximum Gasteiger partial charge on any atom is 0.234 e. The normalized spacial score (nSPS) is 18.2. The fourth-order valence-corrected chi connectivity index (χ4v) is 2.52. The molecule has 1 aliphatic carbocycles. The first kappa shape index (κ1) is 16.7. The van der Waals surface area contributed by atoms with Gasteiger partial charge in [-0.25, -0.2) is 0 Å². The third-order valence-corrected chi connectivity index (χ3v) is 3.48. The average Bonchev–Trinajstić information content (AvgIpc) is 2.28. The lowest BCUT2D eigenvalue weighted by molar-refractivity contribution is -0.120. The molecule has 0 aliphatic heterocycles. The number of rotatable bonds is 6. The summed E-state index contributed by atoms with van der Waals surface area (Å²) in [5.41, 5.74) is 0. The van der Waals surface area contributed by atoms with Gasteiger partial charge in [0.1, 0.15) is 0 Å². The van der Waals surface area contributed by atoms with Crippen molar-refractivity contribution in [3.05, 3.63) is 0 Å². The van der Waals surface area contributed by atoms with Crippen LogP contribution in [0.3, 0.4) is 0 Å². The summed E-state index contributed by atoms with van der Waals surface area (Å²) < 4.78 is 0. The SMILES string of the molecule is CNCC(=O)NC(C)CCC1CCCCC1.Cl. The molecule has 1 unspecified atom stereocenters. The summed E-state index contributed by atoms with van der Waals surface area (Å²) in [7, 11) is 1.80. The molecule has 0 aromatic rings. The number of likely N-dealkylation sites (N-methyl/N-ethyl adjacent to an activating group) is 1. The molecule has 1 fully saturated rings. The van der Waals surface area contributed by atoms with Crippen LogP contribution in [-0.2, 0) is 4.79 Å². The fourth-order valence-electron chi connectivity index (χ4n) is 2.52. The van der Waals surface area contributed by atoms with Crippen molar-refractivity contribution in [2.45, 2.75) is 57.9 Å². The van der Waals surface area contributed by atoms with Gasteiger partial charge in [0.15, 0.2) is 0 Å². The zero-order valence-electron chi connectivity index (χ0n) is 11.1. The number of carbonyl (C=O) groups is 1. The smallest absolute Gasteiger partial charge is 0.234 e. The van der Waals surface area contributed by atoms with Crippen LogP contribution >= 0.6 is 12.4 Å². The molecule has 1 aliphatic rings. The van der Waals surface area contributed by atoms with Crippen LogP contribution in [0.5, 0.6) is 0 Å². The maximum absolute atomic E-state index is 11.3. The van der Waals surface area contributed by atoms with Crippen LogP contribution < -0.4 is 10.6 Å². The lowest BCUT2D eigenvalue weighted by Gasteiger charge is -2.23. The predicted octanol–water partition coefficient (Wildman–Crippen LogP) is 2.49. The molecular formula is C13H27ClN2O. The second-order valence-electron chi connectivity index (χ2n) is 5.08. The lowest BCUT2D eigenvalue weighted by Crippen LogP contribution is -2.38. The molecule has 1 saturated carbocycles. The van der Waals surface area contributed by atoms with Crippen LogP contribution in [0.1, 0.15) is 51.9 Å². The lowest BCUT2D eigenvalue weighted by atomic mass is 9.85. The van der Waals surface area contributed by atoms with Gasteiger partial charge in [-0.2, -0.15) is 0 Å². The molecule has 0 radical (unpaired) electrons. The predicted molar refractivity (Wildman–Crippen MR) is 74.6 cm³/mol. The Morgan fingerprint density at radius 2 is 1.94 bits per heavy atom. The third-order valence-electron chi connectivity index (χ3n) is 3.48. The van der Waals surface area contributed by atoms with Gasteiger partial charge < -0.3 is 10.6 Å². The molecule has 0 heterocycles. The van der Waals surface area contributed by atoms with E-state index in [2.05, 4.69) is 17.6 Å². The van der Waals surface area contributed by atoms with Crippen LogP contribution in [0.2, 0.25) is 0 Å². The second-order valence-corrected chi connectivity index (χ2v) is 5.08. The first-order valence-corrected chi connectivity index (χ1v) is 6.66. The quantitative estimate of drug-likeness (QED) is 0.772. The van der Waals surface area contributed by atoms with E-state index in [1.807, 2.05) is 0 Å². The molecule has 102 valence electrons. The standard InChI is InChI=1S/C13H26N2O.ClH/c1-11(15-13(16)10-14-2)8-9-12-6-4-3-5-7-12;/h11-12,14H,3-10H2,1-2H3,(H,15,16);1H. The highest BCUT2D eigenvalue weighted by atomic mass is 35.5. The van der Waals surface area contributed by atoms with Crippen LogP contribution in [0.15, 0.2) is 0 Å². The van der Waals surface area contributed by atoms with Crippen LogP contribution in [-0.4, -0.2) is 25.5 Å². The fraction of sp³-hybridized carbons (Fsp3) is 0.923. The molecule has 0 bridgehead atoms. The highest BCUT2D eigenvalue weighted by Crippen LogP contribution is 2.27. The van der Waals surface area contributed by atoms with E-state index >= 15 is 0 Å². The molecule has 2 N–H and O–H groups in total. The minimum absolute atomic E-state index is 0. The first-order valence-electron chi connectivity index (χ1n) is 6.66. The number of hydrogen-bond acceptors (Lipinski definition) is 2. The summed E-state index contributed by atoms with van der Waals surface area (Å²) in [4.78, 5) is 11.3. The molecular weight excluding hydrogens is 236 g/mol. The molecule has 17 heavy (non-hydrogen) atoms. The monoisotopic (exact) mass is 262 g/mol. The van der Waals surface area contributed by atoms with Crippen LogP contribution in [0.4, 0.5) is 0 Å². The van der Waals surface area contributed by atoms with Crippen molar-refractivity contribution in [1.82, 2.24) is 10.6 Å². The Bertz CT molecular complexity index is 206.